The molecule has 0 unspecified atom stereocenters. The van der Waals surface area contributed by atoms with Crippen LogP contribution in [0, 0.1) is 11.2 Å². The maximum atomic E-state index is 13.4. The van der Waals surface area contributed by atoms with Crippen molar-refractivity contribution in [1.82, 2.24) is 0 Å². The first-order valence-corrected chi connectivity index (χ1v) is 4.44. The van der Waals surface area contributed by atoms with Crippen LogP contribution in [0.1, 0.15) is 26.3 Å². The van der Waals surface area contributed by atoms with Crippen LogP contribution in [0.2, 0.25) is 0 Å². The standard InChI is InChI=1S/C11H14FNO/c1-11(2,3)10(13-14)8-6-4-5-7-9(8)12/h4-7,14H,1-3H3. The molecular weight excluding hydrogens is 181 g/mol. The van der Waals surface area contributed by atoms with E-state index in [2.05, 4.69) is 5.16 Å². The Hall–Kier alpha value is -1.38. The molecule has 1 aromatic rings. The van der Waals surface area contributed by atoms with Crippen molar-refractivity contribution in [2.24, 2.45) is 10.6 Å². The van der Waals surface area contributed by atoms with Crippen molar-refractivity contribution in [3.63, 3.8) is 0 Å². The second-order valence-electron chi connectivity index (χ2n) is 4.18. The van der Waals surface area contributed by atoms with Gasteiger partial charge in [0, 0.05) is 11.0 Å². The van der Waals surface area contributed by atoms with Crippen molar-refractivity contribution in [2.45, 2.75) is 20.8 Å². The monoisotopic (exact) mass is 195 g/mol. The van der Waals surface area contributed by atoms with Gasteiger partial charge in [-0.3, -0.25) is 0 Å². The van der Waals surface area contributed by atoms with Gasteiger partial charge < -0.3 is 5.21 Å². The summed E-state index contributed by atoms with van der Waals surface area (Å²) in [5.41, 5.74) is 0.329. The number of hydrogen-bond donors (Lipinski definition) is 1. The zero-order chi connectivity index (χ0) is 10.8. The summed E-state index contributed by atoms with van der Waals surface area (Å²) in [6.07, 6.45) is 0. The van der Waals surface area contributed by atoms with E-state index in [4.69, 9.17) is 5.21 Å². The highest BCUT2D eigenvalue weighted by Crippen LogP contribution is 2.23. The van der Waals surface area contributed by atoms with Gasteiger partial charge in [-0.15, -0.1) is 0 Å². The van der Waals surface area contributed by atoms with E-state index in [1.165, 1.54) is 6.07 Å². The fourth-order valence-electron chi connectivity index (χ4n) is 1.26. The van der Waals surface area contributed by atoms with Crippen LogP contribution in [-0.4, -0.2) is 10.9 Å². The predicted octanol–water partition coefficient (Wildman–Crippen LogP) is 3.05. The second-order valence-corrected chi connectivity index (χ2v) is 4.18. The first-order chi connectivity index (χ1) is 6.46. The summed E-state index contributed by atoms with van der Waals surface area (Å²) in [6.45, 7) is 5.61. The van der Waals surface area contributed by atoms with Crippen LogP contribution < -0.4 is 0 Å². The molecule has 0 spiro atoms. The third kappa shape index (κ3) is 2.10. The number of rotatable bonds is 1. The van der Waals surface area contributed by atoms with E-state index >= 15 is 0 Å². The van der Waals surface area contributed by atoms with Gasteiger partial charge in [0.1, 0.15) is 5.82 Å². The molecule has 1 aromatic carbocycles. The van der Waals surface area contributed by atoms with Gasteiger partial charge in [0.15, 0.2) is 0 Å². The molecular formula is C11H14FNO. The van der Waals surface area contributed by atoms with E-state index in [-0.39, 0.29) is 11.2 Å². The van der Waals surface area contributed by atoms with Crippen molar-refractivity contribution < 1.29 is 9.60 Å². The Bertz CT molecular complexity index is 353. The van der Waals surface area contributed by atoms with Crippen LogP contribution in [-0.2, 0) is 0 Å². The lowest BCUT2D eigenvalue weighted by Gasteiger charge is -2.20. The molecule has 0 aliphatic rings. The Morgan fingerprint density at radius 2 is 1.86 bits per heavy atom. The summed E-state index contributed by atoms with van der Waals surface area (Å²) in [4.78, 5) is 0. The maximum absolute atomic E-state index is 13.4. The lowest BCUT2D eigenvalue weighted by molar-refractivity contribution is 0.311. The molecule has 76 valence electrons. The van der Waals surface area contributed by atoms with E-state index < -0.39 is 0 Å². The first-order valence-electron chi connectivity index (χ1n) is 4.44. The maximum Gasteiger partial charge on any atom is 0.132 e. The van der Waals surface area contributed by atoms with E-state index in [1.807, 2.05) is 20.8 Å². The highest BCUT2D eigenvalue weighted by atomic mass is 19.1. The third-order valence-electron chi connectivity index (χ3n) is 1.94. The minimum absolute atomic E-state index is 0.350. The highest BCUT2D eigenvalue weighted by Gasteiger charge is 2.23. The van der Waals surface area contributed by atoms with Gasteiger partial charge in [0.25, 0.3) is 0 Å². The predicted molar refractivity (Wildman–Crippen MR) is 54.2 cm³/mol. The lowest BCUT2D eigenvalue weighted by atomic mass is 9.85. The fourth-order valence-corrected chi connectivity index (χ4v) is 1.26. The van der Waals surface area contributed by atoms with Gasteiger partial charge in [-0.25, -0.2) is 4.39 Å². The molecule has 0 amide bonds. The zero-order valence-electron chi connectivity index (χ0n) is 8.58. The Balaban J connectivity index is 3.23. The average molecular weight is 195 g/mol. The Morgan fingerprint density at radius 3 is 2.29 bits per heavy atom. The van der Waals surface area contributed by atoms with Crippen LogP contribution in [0.4, 0.5) is 4.39 Å². The topological polar surface area (TPSA) is 32.6 Å². The largest absolute Gasteiger partial charge is 0.411 e. The first kappa shape index (κ1) is 10.7. The highest BCUT2D eigenvalue weighted by molar-refractivity contribution is 6.03. The van der Waals surface area contributed by atoms with E-state index in [1.54, 1.807) is 18.2 Å². The quantitative estimate of drug-likeness (QED) is 0.417. The molecule has 0 atom stereocenters. The number of nitrogens with zero attached hydrogens (tertiary/aromatic N) is 1. The Kier molecular flexibility index (Phi) is 2.89. The van der Waals surface area contributed by atoms with E-state index in [0.717, 1.165) is 0 Å². The number of hydrogen-bond acceptors (Lipinski definition) is 2. The normalized spacial score (nSPS) is 13.0. The lowest BCUT2D eigenvalue weighted by Crippen LogP contribution is -2.22. The molecule has 0 bridgehead atoms. The van der Waals surface area contributed by atoms with E-state index in [9.17, 15) is 4.39 Å². The summed E-state index contributed by atoms with van der Waals surface area (Å²) in [5, 5.41) is 12.0. The van der Waals surface area contributed by atoms with Crippen molar-refractivity contribution in [3.05, 3.63) is 35.6 Å². The molecule has 0 saturated carbocycles. The summed E-state index contributed by atoms with van der Waals surface area (Å²) < 4.78 is 13.4. The molecule has 0 aromatic heterocycles. The van der Waals surface area contributed by atoms with Crippen LogP contribution in [0.3, 0.4) is 0 Å². The third-order valence-corrected chi connectivity index (χ3v) is 1.94. The molecule has 0 heterocycles. The SMILES string of the molecule is CC(C)(C)C(=NO)c1ccccc1F. The molecule has 0 fully saturated rings. The minimum atomic E-state index is -0.378. The molecule has 2 nitrogen and oxygen atoms in total. The van der Waals surface area contributed by atoms with Gasteiger partial charge in [-0.1, -0.05) is 44.1 Å². The number of halogens is 1. The summed E-state index contributed by atoms with van der Waals surface area (Å²) in [7, 11) is 0. The van der Waals surface area contributed by atoms with Crippen molar-refractivity contribution >= 4 is 5.71 Å². The zero-order valence-corrected chi connectivity index (χ0v) is 8.58. The van der Waals surface area contributed by atoms with Crippen LogP contribution >= 0.6 is 0 Å². The van der Waals surface area contributed by atoms with Gasteiger partial charge in [0.05, 0.1) is 5.71 Å². The molecule has 0 aliphatic carbocycles. The van der Waals surface area contributed by atoms with Crippen LogP contribution in [0.25, 0.3) is 0 Å². The molecule has 3 heteroatoms. The van der Waals surface area contributed by atoms with Gasteiger partial charge in [0.2, 0.25) is 0 Å². The van der Waals surface area contributed by atoms with Crippen LogP contribution in [0.15, 0.2) is 29.4 Å². The van der Waals surface area contributed by atoms with Gasteiger partial charge >= 0.3 is 0 Å². The number of benzene rings is 1. The van der Waals surface area contributed by atoms with Gasteiger partial charge in [-0.2, -0.15) is 0 Å². The second kappa shape index (κ2) is 3.78. The molecule has 0 saturated heterocycles. The van der Waals surface area contributed by atoms with Crippen molar-refractivity contribution in [3.8, 4) is 0 Å². The van der Waals surface area contributed by atoms with E-state index in [0.29, 0.717) is 11.3 Å². The molecule has 1 N–H and O–H groups in total. The Morgan fingerprint density at radius 1 is 1.29 bits per heavy atom. The van der Waals surface area contributed by atoms with Crippen molar-refractivity contribution in [2.75, 3.05) is 0 Å². The summed E-state index contributed by atoms with van der Waals surface area (Å²) in [6, 6.07) is 6.29. The van der Waals surface area contributed by atoms with Crippen molar-refractivity contribution in [1.29, 1.82) is 0 Å². The molecule has 0 radical (unpaired) electrons. The molecule has 1 rings (SSSR count). The summed E-state index contributed by atoms with van der Waals surface area (Å²) >= 11 is 0. The molecule has 14 heavy (non-hydrogen) atoms. The minimum Gasteiger partial charge on any atom is -0.411 e. The fraction of sp³-hybridized carbons (Fsp3) is 0.364. The van der Waals surface area contributed by atoms with Crippen LogP contribution in [0.5, 0.6) is 0 Å². The number of oxime groups is 1. The smallest absolute Gasteiger partial charge is 0.132 e. The summed E-state index contributed by atoms with van der Waals surface area (Å²) in [5.74, 6) is -0.366. The van der Waals surface area contributed by atoms with Gasteiger partial charge in [-0.05, 0) is 6.07 Å². The molecule has 0 aliphatic heterocycles. The Labute approximate surface area is 83.1 Å². The average Bonchev–Trinajstić information content (AvgIpc) is 2.07.